The molecule has 3 nitrogen and oxygen atoms in total. The van der Waals surface area contributed by atoms with Crippen LogP contribution in [-0.4, -0.2) is 14.6 Å². The van der Waals surface area contributed by atoms with Crippen LogP contribution in [0.15, 0.2) is 42.5 Å². The maximum atomic E-state index is 4.33. The number of fused-ring (bicyclic) bond motifs is 6. The molecule has 0 unspecified atom stereocenters. The van der Waals surface area contributed by atoms with Crippen molar-refractivity contribution < 1.29 is 0 Å². The lowest BCUT2D eigenvalue weighted by atomic mass is 10.1. The van der Waals surface area contributed by atoms with Crippen LogP contribution in [0.1, 0.15) is 5.82 Å². The number of halogens is 1. The molecule has 0 fully saturated rings. The van der Waals surface area contributed by atoms with E-state index in [2.05, 4.69) is 73.6 Å². The van der Waals surface area contributed by atoms with E-state index in [1.807, 2.05) is 13.0 Å². The molecular formula is C15H10IN3. The van der Waals surface area contributed by atoms with Gasteiger partial charge in [0.05, 0.1) is 5.52 Å². The Morgan fingerprint density at radius 2 is 1.74 bits per heavy atom. The number of hydrogen-bond acceptors (Lipinski definition) is 2. The lowest BCUT2D eigenvalue weighted by Crippen LogP contribution is -1.93. The Balaban J connectivity index is 2.44. The second-order valence-electron chi connectivity index (χ2n) is 4.61. The standard InChI is InChI=1S/C15H10IN3/c1-9-17-18-15-12-5-3-2-4-11(12)13-8-10(16)6-7-14(13)19(9)15/h2-8H,1H3. The fraction of sp³-hybridized carbons (Fsp3) is 0.0667. The molecule has 0 radical (unpaired) electrons. The van der Waals surface area contributed by atoms with Crippen LogP contribution in [0.2, 0.25) is 0 Å². The van der Waals surface area contributed by atoms with E-state index in [1.165, 1.54) is 14.3 Å². The fourth-order valence-electron chi connectivity index (χ4n) is 2.66. The van der Waals surface area contributed by atoms with Crippen molar-refractivity contribution in [2.24, 2.45) is 0 Å². The van der Waals surface area contributed by atoms with Gasteiger partial charge in [-0.3, -0.25) is 4.40 Å². The minimum absolute atomic E-state index is 0.923. The summed E-state index contributed by atoms with van der Waals surface area (Å²) in [5, 5.41) is 12.2. The van der Waals surface area contributed by atoms with Gasteiger partial charge in [-0.15, -0.1) is 10.2 Å². The van der Waals surface area contributed by atoms with Gasteiger partial charge in [0.25, 0.3) is 0 Å². The molecule has 2 aromatic carbocycles. The predicted molar refractivity (Wildman–Crippen MR) is 85.5 cm³/mol. The maximum absolute atomic E-state index is 4.33. The molecule has 0 amide bonds. The van der Waals surface area contributed by atoms with Crippen molar-refractivity contribution in [1.29, 1.82) is 0 Å². The van der Waals surface area contributed by atoms with E-state index in [0.29, 0.717) is 0 Å². The number of nitrogens with zero attached hydrogens (tertiary/aromatic N) is 3. The lowest BCUT2D eigenvalue weighted by Gasteiger charge is -2.08. The van der Waals surface area contributed by atoms with E-state index < -0.39 is 0 Å². The first kappa shape index (κ1) is 11.2. The molecule has 0 spiro atoms. The second-order valence-corrected chi connectivity index (χ2v) is 5.86. The number of benzene rings is 2. The Labute approximate surface area is 123 Å². The molecule has 0 aliphatic heterocycles. The van der Waals surface area contributed by atoms with Crippen molar-refractivity contribution in [3.05, 3.63) is 51.9 Å². The Kier molecular flexibility index (Phi) is 2.29. The third kappa shape index (κ3) is 1.49. The van der Waals surface area contributed by atoms with Crippen LogP contribution in [0.25, 0.3) is 27.3 Å². The molecule has 0 aliphatic rings. The molecule has 0 atom stereocenters. The smallest absolute Gasteiger partial charge is 0.169 e. The Morgan fingerprint density at radius 3 is 2.58 bits per heavy atom. The zero-order valence-corrected chi connectivity index (χ0v) is 12.4. The number of aromatic nitrogens is 3. The number of pyridine rings is 1. The molecule has 92 valence electrons. The highest BCUT2D eigenvalue weighted by Gasteiger charge is 2.11. The average Bonchev–Trinajstić information content (AvgIpc) is 2.82. The summed E-state index contributed by atoms with van der Waals surface area (Å²) < 4.78 is 3.37. The number of aryl methyl sites for hydroxylation is 1. The second kappa shape index (κ2) is 3.90. The van der Waals surface area contributed by atoms with Crippen LogP contribution in [0.5, 0.6) is 0 Å². The Bertz CT molecular complexity index is 940. The van der Waals surface area contributed by atoms with E-state index in [0.717, 1.165) is 22.4 Å². The highest BCUT2D eigenvalue weighted by atomic mass is 127. The van der Waals surface area contributed by atoms with Crippen LogP contribution in [-0.2, 0) is 0 Å². The van der Waals surface area contributed by atoms with Crippen LogP contribution in [0.3, 0.4) is 0 Å². The molecular weight excluding hydrogens is 349 g/mol. The van der Waals surface area contributed by atoms with Gasteiger partial charge in [-0.2, -0.15) is 0 Å². The summed E-state index contributed by atoms with van der Waals surface area (Å²) in [5.41, 5.74) is 2.10. The van der Waals surface area contributed by atoms with Crippen molar-refractivity contribution >= 4 is 49.9 Å². The zero-order chi connectivity index (χ0) is 13.0. The van der Waals surface area contributed by atoms with Gasteiger partial charge < -0.3 is 0 Å². The third-order valence-electron chi connectivity index (χ3n) is 3.48. The van der Waals surface area contributed by atoms with Gasteiger partial charge in [0.15, 0.2) is 5.65 Å². The highest BCUT2D eigenvalue weighted by Crippen LogP contribution is 2.30. The van der Waals surface area contributed by atoms with Gasteiger partial charge in [-0.05, 0) is 53.1 Å². The van der Waals surface area contributed by atoms with Crippen LogP contribution >= 0.6 is 22.6 Å². The van der Waals surface area contributed by atoms with Gasteiger partial charge in [0.2, 0.25) is 0 Å². The first-order chi connectivity index (χ1) is 9.25. The number of hydrogen-bond donors (Lipinski definition) is 0. The summed E-state index contributed by atoms with van der Waals surface area (Å²) in [7, 11) is 0. The SMILES string of the molecule is Cc1nnc2c3ccccc3c3cc(I)ccc3n12. The zero-order valence-electron chi connectivity index (χ0n) is 10.3. The summed E-state index contributed by atoms with van der Waals surface area (Å²) >= 11 is 2.35. The summed E-state index contributed by atoms with van der Waals surface area (Å²) in [6.07, 6.45) is 0. The average molecular weight is 359 g/mol. The molecule has 0 aliphatic carbocycles. The van der Waals surface area contributed by atoms with Gasteiger partial charge in [0.1, 0.15) is 5.82 Å². The monoisotopic (exact) mass is 359 g/mol. The normalized spacial score (nSPS) is 11.7. The molecule has 0 saturated carbocycles. The van der Waals surface area contributed by atoms with E-state index in [-0.39, 0.29) is 0 Å². The van der Waals surface area contributed by atoms with Gasteiger partial charge in [-0.25, -0.2) is 0 Å². The first-order valence-electron chi connectivity index (χ1n) is 6.07. The van der Waals surface area contributed by atoms with Crippen LogP contribution in [0, 0.1) is 10.5 Å². The largest absolute Gasteiger partial charge is 0.279 e. The van der Waals surface area contributed by atoms with E-state index in [9.17, 15) is 0 Å². The third-order valence-corrected chi connectivity index (χ3v) is 4.15. The van der Waals surface area contributed by atoms with Crippen LogP contribution in [0.4, 0.5) is 0 Å². The van der Waals surface area contributed by atoms with Crippen molar-refractivity contribution in [3.63, 3.8) is 0 Å². The Hall–Kier alpha value is -1.69. The maximum Gasteiger partial charge on any atom is 0.169 e. The van der Waals surface area contributed by atoms with Crippen LogP contribution < -0.4 is 0 Å². The first-order valence-corrected chi connectivity index (χ1v) is 7.15. The molecule has 0 bridgehead atoms. The molecule has 4 heteroatoms. The molecule has 4 aromatic rings. The van der Waals surface area contributed by atoms with E-state index in [4.69, 9.17) is 0 Å². The molecule has 2 aromatic heterocycles. The minimum Gasteiger partial charge on any atom is -0.279 e. The van der Waals surface area contributed by atoms with Crippen molar-refractivity contribution in [1.82, 2.24) is 14.6 Å². The van der Waals surface area contributed by atoms with Crippen molar-refractivity contribution in [2.75, 3.05) is 0 Å². The molecule has 2 heterocycles. The quantitative estimate of drug-likeness (QED) is 0.352. The molecule has 0 N–H and O–H groups in total. The van der Waals surface area contributed by atoms with Crippen molar-refractivity contribution in [3.8, 4) is 0 Å². The summed E-state index contributed by atoms with van der Waals surface area (Å²) in [4.78, 5) is 0. The Morgan fingerprint density at radius 1 is 0.947 bits per heavy atom. The summed E-state index contributed by atoms with van der Waals surface area (Å²) in [6, 6.07) is 14.9. The van der Waals surface area contributed by atoms with Crippen molar-refractivity contribution in [2.45, 2.75) is 6.92 Å². The van der Waals surface area contributed by atoms with E-state index in [1.54, 1.807) is 0 Å². The minimum atomic E-state index is 0.923. The predicted octanol–water partition coefficient (Wildman–Crippen LogP) is 3.95. The lowest BCUT2D eigenvalue weighted by molar-refractivity contribution is 1.02. The van der Waals surface area contributed by atoms with E-state index >= 15 is 0 Å². The molecule has 0 saturated heterocycles. The highest BCUT2D eigenvalue weighted by molar-refractivity contribution is 14.1. The molecule has 19 heavy (non-hydrogen) atoms. The fourth-order valence-corrected chi connectivity index (χ4v) is 3.15. The summed E-state index contributed by atoms with van der Waals surface area (Å²) in [6.45, 7) is 1.99. The summed E-state index contributed by atoms with van der Waals surface area (Å²) in [5.74, 6) is 0.923. The van der Waals surface area contributed by atoms with Gasteiger partial charge >= 0.3 is 0 Å². The topological polar surface area (TPSA) is 30.2 Å². The van der Waals surface area contributed by atoms with Gasteiger partial charge in [-0.1, -0.05) is 24.3 Å². The van der Waals surface area contributed by atoms with Gasteiger partial charge in [0, 0.05) is 14.3 Å². The number of rotatable bonds is 0. The molecule has 4 rings (SSSR count).